The fourth-order valence-corrected chi connectivity index (χ4v) is 2.08. The van der Waals surface area contributed by atoms with E-state index in [1.54, 1.807) is 18.2 Å². The molecule has 1 aromatic rings. The summed E-state index contributed by atoms with van der Waals surface area (Å²) in [4.78, 5) is 0. The van der Waals surface area contributed by atoms with Crippen LogP contribution in [0.4, 0.5) is 0 Å². The number of nitrogens with one attached hydrogen (secondary N) is 1. The van der Waals surface area contributed by atoms with Crippen LogP contribution < -0.4 is 10.1 Å². The van der Waals surface area contributed by atoms with Gasteiger partial charge in [0, 0.05) is 30.3 Å². The van der Waals surface area contributed by atoms with E-state index in [0.29, 0.717) is 28.8 Å². The van der Waals surface area contributed by atoms with Crippen molar-refractivity contribution >= 4 is 23.2 Å². The van der Waals surface area contributed by atoms with Crippen molar-refractivity contribution in [2.75, 3.05) is 19.8 Å². The van der Waals surface area contributed by atoms with E-state index in [0.717, 1.165) is 6.42 Å². The number of rotatable bonds is 9. The molecule has 0 heterocycles. The Morgan fingerprint density at radius 3 is 2.75 bits per heavy atom. The van der Waals surface area contributed by atoms with Crippen LogP contribution in [0.3, 0.4) is 0 Å². The summed E-state index contributed by atoms with van der Waals surface area (Å²) in [7, 11) is 0. The second kappa shape index (κ2) is 9.42. The van der Waals surface area contributed by atoms with E-state index in [2.05, 4.69) is 5.32 Å². The lowest BCUT2D eigenvalue weighted by Gasteiger charge is -2.19. The summed E-state index contributed by atoms with van der Waals surface area (Å²) in [6, 6.07) is 5.14. The Hall–Kier alpha value is -0.520. The van der Waals surface area contributed by atoms with Crippen molar-refractivity contribution in [3.05, 3.63) is 28.2 Å². The Balaban J connectivity index is 2.35. The molecule has 0 spiro atoms. The first-order valence-electron chi connectivity index (χ1n) is 6.67. The van der Waals surface area contributed by atoms with Crippen molar-refractivity contribution in [3.8, 4) is 5.75 Å². The normalized spacial score (nSPS) is 14.1. The molecule has 1 aromatic carbocycles. The second-order valence-electron chi connectivity index (χ2n) is 4.57. The average Bonchev–Trinajstić information content (AvgIpc) is 2.44. The first-order valence-corrected chi connectivity index (χ1v) is 7.42. The highest BCUT2D eigenvalue weighted by atomic mass is 35.5. The largest absolute Gasteiger partial charge is 0.489 e. The van der Waals surface area contributed by atoms with E-state index in [-0.39, 0.29) is 19.3 Å². The monoisotopic (exact) mass is 321 g/mol. The number of aliphatic hydroxyl groups is 2. The van der Waals surface area contributed by atoms with Gasteiger partial charge in [0.1, 0.15) is 18.5 Å². The minimum Gasteiger partial charge on any atom is -0.489 e. The van der Waals surface area contributed by atoms with Crippen LogP contribution in [0, 0.1) is 0 Å². The van der Waals surface area contributed by atoms with Crippen LogP contribution >= 0.6 is 23.2 Å². The summed E-state index contributed by atoms with van der Waals surface area (Å²) in [6.45, 7) is 2.69. The van der Waals surface area contributed by atoms with Crippen molar-refractivity contribution in [2.45, 2.75) is 31.9 Å². The second-order valence-corrected chi connectivity index (χ2v) is 5.41. The number of hydrogen-bond donors (Lipinski definition) is 3. The van der Waals surface area contributed by atoms with Gasteiger partial charge in [-0.15, -0.1) is 0 Å². The van der Waals surface area contributed by atoms with Crippen LogP contribution in [0.5, 0.6) is 5.75 Å². The summed E-state index contributed by atoms with van der Waals surface area (Å²) in [5, 5.41) is 22.9. The molecule has 0 aromatic heterocycles. The van der Waals surface area contributed by atoms with Crippen molar-refractivity contribution in [1.29, 1.82) is 0 Å². The number of aliphatic hydroxyl groups excluding tert-OH is 2. The third-order valence-corrected chi connectivity index (χ3v) is 3.48. The van der Waals surface area contributed by atoms with Crippen LogP contribution in [0.2, 0.25) is 10.0 Å². The molecule has 0 radical (unpaired) electrons. The van der Waals surface area contributed by atoms with Crippen LogP contribution in [-0.2, 0) is 0 Å². The molecule has 0 saturated carbocycles. The van der Waals surface area contributed by atoms with Gasteiger partial charge in [0.2, 0.25) is 0 Å². The van der Waals surface area contributed by atoms with E-state index < -0.39 is 6.10 Å². The molecule has 1 rings (SSSR count). The molecular weight excluding hydrogens is 301 g/mol. The maximum atomic E-state index is 9.86. The summed E-state index contributed by atoms with van der Waals surface area (Å²) in [6.07, 6.45) is 0.913. The standard InChI is InChI=1S/C14H21Cl2NO3/c1-2-11(5-6-18)17-8-12(19)9-20-14-7-10(15)3-4-13(14)16/h3-4,7,11-12,17-19H,2,5-6,8-9H2,1H3. The van der Waals surface area contributed by atoms with Gasteiger partial charge in [0.25, 0.3) is 0 Å². The minimum absolute atomic E-state index is 0.128. The van der Waals surface area contributed by atoms with Gasteiger partial charge < -0.3 is 20.3 Å². The van der Waals surface area contributed by atoms with Gasteiger partial charge in [0.15, 0.2) is 0 Å². The Morgan fingerprint density at radius 2 is 2.10 bits per heavy atom. The van der Waals surface area contributed by atoms with Gasteiger partial charge in [-0.05, 0) is 25.0 Å². The summed E-state index contributed by atoms with van der Waals surface area (Å²) >= 11 is 11.8. The van der Waals surface area contributed by atoms with Gasteiger partial charge in [0.05, 0.1) is 5.02 Å². The smallest absolute Gasteiger partial charge is 0.139 e. The zero-order chi connectivity index (χ0) is 15.0. The van der Waals surface area contributed by atoms with Gasteiger partial charge in [-0.1, -0.05) is 30.1 Å². The van der Waals surface area contributed by atoms with Crippen LogP contribution in [0.25, 0.3) is 0 Å². The Kier molecular flexibility index (Phi) is 8.26. The molecule has 0 aliphatic heterocycles. The predicted molar refractivity (Wildman–Crippen MR) is 81.7 cm³/mol. The molecule has 0 aliphatic carbocycles. The topological polar surface area (TPSA) is 61.7 Å². The minimum atomic E-state index is -0.655. The molecule has 4 nitrogen and oxygen atoms in total. The van der Waals surface area contributed by atoms with Gasteiger partial charge in [-0.25, -0.2) is 0 Å². The lowest BCUT2D eigenvalue weighted by molar-refractivity contribution is 0.102. The zero-order valence-corrected chi connectivity index (χ0v) is 13.0. The van der Waals surface area contributed by atoms with Crippen molar-refractivity contribution < 1.29 is 14.9 Å². The first kappa shape index (κ1) is 17.5. The quantitative estimate of drug-likeness (QED) is 0.654. The number of ether oxygens (including phenoxy) is 1. The van der Waals surface area contributed by atoms with Crippen molar-refractivity contribution in [1.82, 2.24) is 5.32 Å². The highest BCUT2D eigenvalue weighted by Gasteiger charge is 2.11. The first-order chi connectivity index (χ1) is 9.56. The molecule has 3 N–H and O–H groups in total. The maximum Gasteiger partial charge on any atom is 0.139 e. The number of hydrogen-bond acceptors (Lipinski definition) is 4. The van der Waals surface area contributed by atoms with Crippen LogP contribution in [0.1, 0.15) is 19.8 Å². The SMILES string of the molecule is CCC(CCO)NCC(O)COc1cc(Cl)ccc1Cl. The highest BCUT2D eigenvalue weighted by Crippen LogP contribution is 2.27. The van der Waals surface area contributed by atoms with E-state index in [9.17, 15) is 5.11 Å². The molecule has 2 unspecified atom stereocenters. The van der Waals surface area contributed by atoms with Gasteiger partial charge in [-0.2, -0.15) is 0 Å². The molecule has 2 atom stereocenters. The highest BCUT2D eigenvalue weighted by molar-refractivity contribution is 6.34. The predicted octanol–water partition coefficient (Wildman–Crippen LogP) is 2.48. The van der Waals surface area contributed by atoms with Crippen LogP contribution in [-0.4, -0.2) is 42.1 Å². The number of benzene rings is 1. The molecule has 20 heavy (non-hydrogen) atoms. The fraction of sp³-hybridized carbons (Fsp3) is 0.571. The Labute approximate surface area is 129 Å². The van der Waals surface area contributed by atoms with E-state index >= 15 is 0 Å². The van der Waals surface area contributed by atoms with Gasteiger partial charge >= 0.3 is 0 Å². The molecule has 114 valence electrons. The third-order valence-electron chi connectivity index (χ3n) is 2.94. The van der Waals surface area contributed by atoms with Crippen molar-refractivity contribution in [2.24, 2.45) is 0 Å². The molecule has 0 fully saturated rings. The van der Waals surface area contributed by atoms with Crippen LogP contribution in [0.15, 0.2) is 18.2 Å². The number of halogens is 2. The summed E-state index contributed by atoms with van der Waals surface area (Å²) in [5.41, 5.74) is 0. The molecule has 0 saturated heterocycles. The summed E-state index contributed by atoms with van der Waals surface area (Å²) < 4.78 is 5.45. The molecule has 0 aliphatic rings. The van der Waals surface area contributed by atoms with Crippen molar-refractivity contribution in [3.63, 3.8) is 0 Å². The average molecular weight is 322 g/mol. The van der Waals surface area contributed by atoms with E-state index in [1.807, 2.05) is 6.92 Å². The Morgan fingerprint density at radius 1 is 1.35 bits per heavy atom. The maximum absolute atomic E-state index is 9.86. The van der Waals surface area contributed by atoms with E-state index in [1.165, 1.54) is 0 Å². The Bertz CT molecular complexity index is 404. The molecular formula is C14H21Cl2NO3. The zero-order valence-electron chi connectivity index (χ0n) is 11.5. The lowest BCUT2D eigenvalue weighted by Crippen LogP contribution is -2.38. The molecule has 0 bridgehead atoms. The fourth-order valence-electron chi connectivity index (χ4n) is 1.74. The summed E-state index contributed by atoms with van der Waals surface area (Å²) in [5.74, 6) is 0.459. The lowest BCUT2D eigenvalue weighted by atomic mass is 10.1. The van der Waals surface area contributed by atoms with Gasteiger partial charge in [-0.3, -0.25) is 0 Å². The van der Waals surface area contributed by atoms with E-state index in [4.69, 9.17) is 33.0 Å². The third kappa shape index (κ3) is 6.29. The molecule has 6 heteroatoms. The molecule has 0 amide bonds.